The van der Waals surface area contributed by atoms with Crippen molar-refractivity contribution in [1.82, 2.24) is 9.80 Å². The summed E-state index contributed by atoms with van der Waals surface area (Å²) in [6, 6.07) is 21.6. The molecular formula is C30H32N2O5. The van der Waals surface area contributed by atoms with Gasteiger partial charge in [0.2, 0.25) is 0 Å². The van der Waals surface area contributed by atoms with Crippen LogP contribution in [0.4, 0.5) is 0 Å². The number of amides is 1. The Kier molecular flexibility index (Phi) is 7.94. The van der Waals surface area contributed by atoms with Gasteiger partial charge in [0, 0.05) is 18.7 Å². The number of carbonyl (C=O) groups excluding carboxylic acids is 2. The quantitative estimate of drug-likeness (QED) is 0.264. The monoisotopic (exact) mass is 500 g/mol. The third-order valence-electron chi connectivity index (χ3n) is 6.44. The average molecular weight is 501 g/mol. The van der Waals surface area contributed by atoms with Crippen LogP contribution < -0.4 is 9.47 Å². The van der Waals surface area contributed by atoms with Crippen LogP contribution in [0.3, 0.4) is 0 Å². The maximum atomic E-state index is 13.2. The van der Waals surface area contributed by atoms with E-state index in [1.54, 1.807) is 25.3 Å². The molecule has 0 bridgehead atoms. The number of methoxy groups -OCH3 is 1. The number of hydrogen-bond acceptors (Lipinski definition) is 6. The van der Waals surface area contributed by atoms with Gasteiger partial charge in [-0.25, -0.2) is 0 Å². The minimum atomic E-state index is -0.717. The number of benzene rings is 3. The fourth-order valence-corrected chi connectivity index (χ4v) is 4.43. The highest BCUT2D eigenvalue weighted by molar-refractivity contribution is 6.46. The SMILES string of the molecule is COc1ccc(C(O)=C2C(=O)C(=O)N(CCN(C)C)C2c2ccc(OCc3ccccc3)cc2)cc1C. The van der Waals surface area contributed by atoms with Gasteiger partial charge in [0.05, 0.1) is 18.7 Å². The van der Waals surface area contributed by atoms with E-state index >= 15 is 0 Å². The summed E-state index contributed by atoms with van der Waals surface area (Å²) in [7, 11) is 5.39. The standard InChI is InChI=1S/C30H32N2O5/c1-20-18-23(12-15-25(20)36-4)28(33)26-27(32(17-16-31(2)3)30(35)29(26)34)22-10-13-24(14-11-22)37-19-21-8-6-5-7-9-21/h5-15,18,27,33H,16-17,19H2,1-4H3. The number of aliphatic hydroxyl groups excluding tert-OH is 1. The molecule has 37 heavy (non-hydrogen) atoms. The number of nitrogens with zero attached hydrogens (tertiary/aromatic N) is 2. The predicted octanol–water partition coefficient (Wildman–Crippen LogP) is 4.57. The molecule has 7 nitrogen and oxygen atoms in total. The number of likely N-dealkylation sites (N-methyl/N-ethyl adjacent to an activating group) is 1. The van der Waals surface area contributed by atoms with Gasteiger partial charge in [-0.2, -0.15) is 0 Å². The number of aliphatic hydroxyl groups is 1. The van der Waals surface area contributed by atoms with Crippen LogP contribution in [-0.4, -0.2) is 60.9 Å². The number of ether oxygens (including phenoxy) is 2. The minimum Gasteiger partial charge on any atom is -0.507 e. The summed E-state index contributed by atoms with van der Waals surface area (Å²) < 4.78 is 11.2. The lowest BCUT2D eigenvalue weighted by Crippen LogP contribution is -2.35. The van der Waals surface area contributed by atoms with Gasteiger partial charge in [0.1, 0.15) is 23.9 Å². The highest BCUT2D eigenvalue weighted by atomic mass is 16.5. The van der Waals surface area contributed by atoms with Crippen LogP contribution in [0.15, 0.2) is 78.4 Å². The molecule has 0 saturated carbocycles. The Bertz CT molecular complexity index is 1300. The fourth-order valence-electron chi connectivity index (χ4n) is 4.43. The fraction of sp³-hybridized carbons (Fsp3) is 0.267. The Balaban J connectivity index is 1.70. The molecule has 1 atom stereocenters. The molecule has 0 radical (unpaired) electrons. The summed E-state index contributed by atoms with van der Waals surface area (Å²) in [5.41, 5.74) is 3.11. The van der Waals surface area contributed by atoms with Gasteiger partial charge in [0.25, 0.3) is 11.7 Å². The Labute approximate surface area is 217 Å². The maximum absolute atomic E-state index is 13.2. The van der Waals surface area contributed by atoms with Crippen LogP contribution in [0, 0.1) is 6.92 Å². The van der Waals surface area contributed by atoms with E-state index in [0.29, 0.717) is 36.8 Å². The molecule has 4 rings (SSSR count). The normalized spacial score (nSPS) is 16.9. The Morgan fingerprint density at radius 1 is 1.00 bits per heavy atom. The minimum absolute atomic E-state index is 0.0753. The largest absolute Gasteiger partial charge is 0.507 e. The second kappa shape index (κ2) is 11.3. The van der Waals surface area contributed by atoms with E-state index in [4.69, 9.17) is 9.47 Å². The van der Waals surface area contributed by atoms with Crippen molar-refractivity contribution in [2.75, 3.05) is 34.3 Å². The summed E-state index contributed by atoms with van der Waals surface area (Å²) >= 11 is 0. The van der Waals surface area contributed by atoms with Crippen LogP contribution in [0.25, 0.3) is 5.76 Å². The first-order valence-electron chi connectivity index (χ1n) is 12.1. The summed E-state index contributed by atoms with van der Waals surface area (Å²) in [4.78, 5) is 29.8. The van der Waals surface area contributed by atoms with Crippen LogP contribution >= 0.6 is 0 Å². The van der Waals surface area contributed by atoms with Crippen LogP contribution in [0.1, 0.15) is 28.3 Å². The van der Waals surface area contributed by atoms with E-state index < -0.39 is 17.7 Å². The first-order valence-corrected chi connectivity index (χ1v) is 12.1. The molecule has 3 aromatic rings. The summed E-state index contributed by atoms with van der Waals surface area (Å²) in [6.07, 6.45) is 0. The molecule has 192 valence electrons. The Hall–Kier alpha value is -4.10. The zero-order valence-electron chi connectivity index (χ0n) is 21.6. The molecule has 1 aliphatic heterocycles. The van der Waals surface area contributed by atoms with Crippen molar-refractivity contribution in [2.45, 2.75) is 19.6 Å². The molecule has 1 aliphatic rings. The van der Waals surface area contributed by atoms with Gasteiger partial charge >= 0.3 is 0 Å². The number of aryl methyl sites for hydroxylation is 1. The molecule has 1 unspecified atom stereocenters. The van der Waals surface area contributed by atoms with E-state index in [9.17, 15) is 14.7 Å². The smallest absolute Gasteiger partial charge is 0.295 e. The van der Waals surface area contributed by atoms with Gasteiger partial charge < -0.3 is 24.4 Å². The summed E-state index contributed by atoms with van der Waals surface area (Å²) in [6.45, 7) is 3.20. The lowest BCUT2D eigenvalue weighted by atomic mass is 9.94. The molecule has 3 aromatic carbocycles. The van der Waals surface area contributed by atoms with Gasteiger partial charge in [-0.1, -0.05) is 42.5 Å². The van der Waals surface area contributed by atoms with Gasteiger partial charge in [-0.05, 0) is 68.0 Å². The molecular weight excluding hydrogens is 468 g/mol. The van der Waals surface area contributed by atoms with Crippen molar-refractivity contribution < 1.29 is 24.2 Å². The van der Waals surface area contributed by atoms with E-state index in [-0.39, 0.29) is 11.3 Å². The van der Waals surface area contributed by atoms with Crippen LogP contribution in [0.5, 0.6) is 11.5 Å². The van der Waals surface area contributed by atoms with Crippen molar-refractivity contribution in [3.63, 3.8) is 0 Å². The van der Waals surface area contributed by atoms with Crippen molar-refractivity contribution in [2.24, 2.45) is 0 Å². The third kappa shape index (κ3) is 5.67. The second-order valence-electron chi connectivity index (χ2n) is 9.32. The van der Waals surface area contributed by atoms with Gasteiger partial charge in [-0.15, -0.1) is 0 Å². The lowest BCUT2D eigenvalue weighted by Gasteiger charge is -2.26. The average Bonchev–Trinajstić information content (AvgIpc) is 3.16. The van der Waals surface area contributed by atoms with E-state index in [1.165, 1.54) is 4.90 Å². The van der Waals surface area contributed by atoms with E-state index in [0.717, 1.165) is 16.7 Å². The number of carbonyl (C=O) groups is 2. The van der Waals surface area contributed by atoms with Gasteiger partial charge in [-0.3, -0.25) is 9.59 Å². The number of Topliss-reactive ketones (excluding diaryl/α,β-unsaturated/α-hetero) is 1. The molecule has 0 spiro atoms. The highest BCUT2D eigenvalue weighted by Gasteiger charge is 2.45. The van der Waals surface area contributed by atoms with Crippen molar-refractivity contribution >= 4 is 17.4 Å². The number of likely N-dealkylation sites (tertiary alicyclic amines) is 1. The number of rotatable bonds is 9. The first-order chi connectivity index (χ1) is 17.8. The molecule has 0 aromatic heterocycles. The number of ketones is 1. The van der Waals surface area contributed by atoms with Gasteiger partial charge in [0.15, 0.2) is 0 Å². The third-order valence-corrected chi connectivity index (χ3v) is 6.44. The molecule has 1 amide bonds. The second-order valence-corrected chi connectivity index (χ2v) is 9.32. The van der Waals surface area contributed by atoms with Crippen molar-refractivity contribution in [1.29, 1.82) is 0 Å². The van der Waals surface area contributed by atoms with E-state index in [1.807, 2.05) is 80.5 Å². The topological polar surface area (TPSA) is 79.3 Å². The zero-order chi connectivity index (χ0) is 26.5. The molecule has 7 heteroatoms. The summed E-state index contributed by atoms with van der Waals surface area (Å²) in [5.74, 6) is -0.178. The first kappa shape index (κ1) is 26.0. The molecule has 1 heterocycles. The maximum Gasteiger partial charge on any atom is 0.295 e. The predicted molar refractivity (Wildman–Crippen MR) is 143 cm³/mol. The molecule has 1 fully saturated rings. The Morgan fingerprint density at radius 2 is 1.70 bits per heavy atom. The van der Waals surface area contributed by atoms with Crippen molar-refractivity contribution in [3.05, 3.63) is 101 Å². The molecule has 0 aliphatic carbocycles. The highest BCUT2D eigenvalue weighted by Crippen LogP contribution is 2.40. The van der Waals surface area contributed by atoms with Crippen molar-refractivity contribution in [3.8, 4) is 11.5 Å². The number of hydrogen-bond donors (Lipinski definition) is 1. The lowest BCUT2D eigenvalue weighted by molar-refractivity contribution is -0.140. The van der Waals surface area contributed by atoms with Crippen LogP contribution in [0.2, 0.25) is 0 Å². The van der Waals surface area contributed by atoms with Crippen LogP contribution in [-0.2, 0) is 16.2 Å². The molecule has 1 saturated heterocycles. The summed E-state index contributed by atoms with van der Waals surface area (Å²) in [5, 5.41) is 11.3. The Morgan fingerprint density at radius 3 is 2.32 bits per heavy atom. The molecule has 1 N–H and O–H groups in total. The van der Waals surface area contributed by atoms with E-state index in [2.05, 4.69) is 0 Å². The zero-order valence-corrected chi connectivity index (χ0v) is 21.6.